The molecule has 0 saturated carbocycles. The molecule has 1 fully saturated rings. The summed E-state index contributed by atoms with van der Waals surface area (Å²) < 4.78 is 43.7. The highest BCUT2D eigenvalue weighted by atomic mass is 19.4. The Balaban J connectivity index is 1.40. The molecular formula is C22H26F3N3O2. The number of nitrogens with one attached hydrogen (secondary N) is 1. The van der Waals surface area contributed by atoms with E-state index >= 15 is 0 Å². The Morgan fingerprint density at radius 1 is 1.03 bits per heavy atom. The lowest BCUT2D eigenvalue weighted by Gasteiger charge is -2.37. The summed E-state index contributed by atoms with van der Waals surface area (Å²) in [6.45, 7) is 6.38. The van der Waals surface area contributed by atoms with Crippen molar-refractivity contribution >= 4 is 11.6 Å². The van der Waals surface area contributed by atoms with Crippen LogP contribution >= 0.6 is 0 Å². The fraction of sp³-hybridized carbons (Fsp3) is 0.409. The van der Waals surface area contributed by atoms with Gasteiger partial charge >= 0.3 is 6.18 Å². The number of carbonyl (C=O) groups excluding carboxylic acids is 1. The number of alkyl halides is 3. The molecular weight excluding hydrogens is 395 g/mol. The molecule has 2 aromatic rings. The van der Waals surface area contributed by atoms with E-state index in [0.717, 1.165) is 50.6 Å². The maximum atomic E-state index is 12.6. The van der Waals surface area contributed by atoms with Crippen LogP contribution in [-0.2, 0) is 11.0 Å². The Morgan fingerprint density at radius 2 is 1.67 bits per heavy atom. The van der Waals surface area contributed by atoms with Crippen LogP contribution in [0, 0.1) is 0 Å². The molecule has 2 aromatic carbocycles. The first-order chi connectivity index (χ1) is 14.3. The summed E-state index contributed by atoms with van der Waals surface area (Å²) in [5.74, 6) is 0.625. The van der Waals surface area contributed by atoms with E-state index in [1.54, 1.807) is 0 Å². The number of amides is 1. The summed E-state index contributed by atoms with van der Waals surface area (Å²) >= 11 is 0. The van der Waals surface area contributed by atoms with E-state index in [0.29, 0.717) is 12.3 Å². The summed E-state index contributed by atoms with van der Waals surface area (Å²) in [6.07, 6.45) is -4.39. The van der Waals surface area contributed by atoms with Gasteiger partial charge in [0, 0.05) is 38.4 Å². The number of ether oxygens (including phenoxy) is 1. The lowest BCUT2D eigenvalue weighted by Crippen LogP contribution is -2.53. The third-order valence-electron chi connectivity index (χ3n) is 5.23. The normalized spacial score (nSPS) is 16.8. The largest absolute Gasteiger partial charge is 0.492 e. The number of carbonyl (C=O) groups is 1. The van der Waals surface area contributed by atoms with Crippen molar-refractivity contribution in [2.75, 3.05) is 44.6 Å². The molecule has 1 aliphatic heterocycles. The van der Waals surface area contributed by atoms with Gasteiger partial charge in [0.25, 0.3) is 0 Å². The molecule has 5 nitrogen and oxygen atoms in total. The molecule has 8 heteroatoms. The number of para-hydroxylation sites is 1. The van der Waals surface area contributed by atoms with Gasteiger partial charge in [-0.25, -0.2) is 0 Å². The van der Waals surface area contributed by atoms with Crippen LogP contribution in [0.4, 0.5) is 18.9 Å². The monoisotopic (exact) mass is 421 g/mol. The molecule has 0 unspecified atom stereocenters. The van der Waals surface area contributed by atoms with Crippen LogP contribution < -0.4 is 10.1 Å². The fourth-order valence-electron chi connectivity index (χ4n) is 3.34. The highest BCUT2D eigenvalue weighted by Crippen LogP contribution is 2.29. The number of hydrogen-bond acceptors (Lipinski definition) is 4. The molecule has 1 aliphatic rings. The van der Waals surface area contributed by atoms with Crippen LogP contribution in [0.15, 0.2) is 54.6 Å². The third-order valence-corrected chi connectivity index (χ3v) is 5.23. The summed E-state index contributed by atoms with van der Waals surface area (Å²) in [7, 11) is 0. The summed E-state index contributed by atoms with van der Waals surface area (Å²) in [5, 5.41) is 2.70. The van der Waals surface area contributed by atoms with Crippen LogP contribution in [0.2, 0.25) is 0 Å². The molecule has 1 saturated heterocycles. The zero-order valence-corrected chi connectivity index (χ0v) is 16.9. The van der Waals surface area contributed by atoms with Gasteiger partial charge in [-0.15, -0.1) is 0 Å². The lowest BCUT2D eigenvalue weighted by molar-refractivity contribution is -0.137. The number of anilines is 1. The molecule has 162 valence electrons. The van der Waals surface area contributed by atoms with Gasteiger partial charge in [0.2, 0.25) is 5.91 Å². The van der Waals surface area contributed by atoms with Crippen molar-refractivity contribution in [2.24, 2.45) is 0 Å². The van der Waals surface area contributed by atoms with E-state index in [-0.39, 0.29) is 11.9 Å². The number of rotatable bonds is 7. The highest BCUT2D eigenvalue weighted by molar-refractivity contribution is 5.94. The Morgan fingerprint density at radius 3 is 2.27 bits per heavy atom. The van der Waals surface area contributed by atoms with Gasteiger partial charge in [-0.3, -0.25) is 14.6 Å². The fourth-order valence-corrected chi connectivity index (χ4v) is 3.34. The van der Waals surface area contributed by atoms with E-state index in [9.17, 15) is 18.0 Å². The zero-order valence-electron chi connectivity index (χ0n) is 16.9. The van der Waals surface area contributed by atoms with Gasteiger partial charge in [-0.05, 0) is 43.3 Å². The minimum absolute atomic E-state index is 0.226. The van der Waals surface area contributed by atoms with Crippen molar-refractivity contribution in [3.05, 3.63) is 60.2 Å². The van der Waals surface area contributed by atoms with Gasteiger partial charge in [0.05, 0.1) is 11.6 Å². The van der Waals surface area contributed by atoms with Crippen molar-refractivity contribution < 1.29 is 22.7 Å². The Hall–Kier alpha value is -2.58. The Kier molecular flexibility index (Phi) is 7.33. The van der Waals surface area contributed by atoms with E-state index < -0.39 is 11.7 Å². The third kappa shape index (κ3) is 6.21. The Labute approximate surface area is 174 Å². The first-order valence-corrected chi connectivity index (χ1v) is 9.95. The zero-order chi connectivity index (χ0) is 21.6. The van der Waals surface area contributed by atoms with Crippen molar-refractivity contribution in [1.29, 1.82) is 0 Å². The van der Waals surface area contributed by atoms with Crippen LogP contribution in [0.5, 0.6) is 5.75 Å². The molecule has 30 heavy (non-hydrogen) atoms. The molecule has 0 aliphatic carbocycles. The van der Waals surface area contributed by atoms with Crippen LogP contribution in [0.1, 0.15) is 12.5 Å². The molecule has 1 heterocycles. The van der Waals surface area contributed by atoms with Gasteiger partial charge in [-0.2, -0.15) is 13.2 Å². The first-order valence-electron chi connectivity index (χ1n) is 9.95. The molecule has 0 spiro atoms. The van der Waals surface area contributed by atoms with Gasteiger partial charge in [0.15, 0.2) is 0 Å². The number of benzene rings is 2. The summed E-state index contributed by atoms with van der Waals surface area (Å²) in [6, 6.07) is 13.8. The molecule has 1 N–H and O–H groups in total. The van der Waals surface area contributed by atoms with Gasteiger partial charge < -0.3 is 10.1 Å². The standard InChI is InChI=1S/C22H26F3N3O2/c1-17(21(29)26-19-9-7-18(8-10-19)22(23,24)25)28-13-11-27(12-14-28)15-16-30-20-5-3-2-4-6-20/h2-10,17H,11-16H2,1H3,(H,26,29)/t17-/m0/s1. The van der Waals surface area contributed by atoms with E-state index in [1.807, 2.05) is 37.3 Å². The summed E-state index contributed by atoms with van der Waals surface area (Å²) in [5.41, 5.74) is -0.377. The highest BCUT2D eigenvalue weighted by Gasteiger charge is 2.30. The average molecular weight is 421 g/mol. The van der Waals surface area contributed by atoms with E-state index in [1.165, 1.54) is 12.1 Å². The average Bonchev–Trinajstić information content (AvgIpc) is 2.74. The van der Waals surface area contributed by atoms with Gasteiger partial charge in [-0.1, -0.05) is 18.2 Å². The molecule has 3 rings (SSSR count). The van der Waals surface area contributed by atoms with Crippen LogP contribution in [-0.4, -0.2) is 61.1 Å². The second-order valence-corrected chi connectivity index (χ2v) is 7.28. The quantitative estimate of drug-likeness (QED) is 0.740. The number of halogens is 3. The van der Waals surface area contributed by atoms with Crippen molar-refractivity contribution in [3.63, 3.8) is 0 Å². The van der Waals surface area contributed by atoms with Crippen molar-refractivity contribution in [1.82, 2.24) is 9.80 Å². The molecule has 1 atom stereocenters. The maximum absolute atomic E-state index is 12.6. The van der Waals surface area contributed by atoms with E-state index in [4.69, 9.17) is 4.74 Å². The maximum Gasteiger partial charge on any atom is 0.416 e. The molecule has 0 aromatic heterocycles. The molecule has 0 radical (unpaired) electrons. The second kappa shape index (κ2) is 9.95. The predicted octanol–water partition coefficient (Wildman–Crippen LogP) is 3.73. The van der Waals surface area contributed by atoms with Gasteiger partial charge in [0.1, 0.15) is 12.4 Å². The smallest absolute Gasteiger partial charge is 0.416 e. The van der Waals surface area contributed by atoms with Crippen LogP contribution in [0.3, 0.4) is 0 Å². The van der Waals surface area contributed by atoms with Crippen LogP contribution in [0.25, 0.3) is 0 Å². The first kappa shape index (κ1) is 22.1. The van der Waals surface area contributed by atoms with Crippen molar-refractivity contribution in [3.8, 4) is 5.75 Å². The lowest BCUT2D eigenvalue weighted by atomic mass is 10.2. The molecule has 0 bridgehead atoms. The SMILES string of the molecule is C[C@@H](C(=O)Nc1ccc(C(F)(F)F)cc1)N1CCN(CCOc2ccccc2)CC1. The minimum Gasteiger partial charge on any atom is -0.492 e. The Bertz CT molecular complexity index is 805. The number of nitrogens with zero attached hydrogens (tertiary/aromatic N) is 2. The number of hydrogen-bond donors (Lipinski definition) is 1. The topological polar surface area (TPSA) is 44.8 Å². The molecule has 1 amide bonds. The predicted molar refractivity (Wildman–Crippen MR) is 109 cm³/mol. The number of piperazine rings is 1. The summed E-state index contributed by atoms with van der Waals surface area (Å²) in [4.78, 5) is 16.9. The second-order valence-electron chi connectivity index (χ2n) is 7.28. The van der Waals surface area contributed by atoms with Crippen molar-refractivity contribution in [2.45, 2.75) is 19.1 Å². The minimum atomic E-state index is -4.39. The van der Waals surface area contributed by atoms with E-state index in [2.05, 4.69) is 15.1 Å².